The van der Waals surface area contributed by atoms with Crippen LogP contribution in [-0.4, -0.2) is 18.2 Å². The molecule has 2 rings (SSSR count). The van der Waals surface area contributed by atoms with E-state index in [-0.39, 0.29) is 24.7 Å². The van der Waals surface area contributed by atoms with E-state index in [0.717, 1.165) is 5.56 Å². The van der Waals surface area contributed by atoms with Crippen LogP contribution in [0.15, 0.2) is 12.1 Å². The summed E-state index contributed by atoms with van der Waals surface area (Å²) in [5, 5.41) is 3.80. The first-order valence-corrected chi connectivity index (χ1v) is 6.36. The summed E-state index contributed by atoms with van der Waals surface area (Å²) in [5.41, 5.74) is 5.81. The summed E-state index contributed by atoms with van der Waals surface area (Å²) in [6.07, 6.45) is 0.269. The summed E-state index contributed by atoms with van der Waals surface area (Å²) in [5.74, 6) is 0.903. The molecule has 0 atom stereocenters. The summed E-state index contributed by atoms with van der Waals surface area (Å²) in [4.78, 5) is 11.0. The van der Waals surface area contributed by atoms with Gasteiger partial charge in [0.25, 0.3) is 0 Å². The van der Waals surface area contributed by atoms with Crippen LogP contribution in [0.4, 0.5) is 0 Å². The molecule has 1 aliphatic heterocycles. The fourth-order valence-corrected chi connectivity index (χ4v) is 2.25. The van der Waals surface area contributed by atoms with Crippen molar-refractivity contribution < 1.29 is 14.3 Å². The number of amides is 1. The minimum absolute atomic E-state index is 0.194. The molecule has 0 unspecified atom stereocenters. The summed E-state index contributed by atoms with van der Waals surface area (Å²) in [7, 11) is 0. The number of primary amides is 1. The fraction of sp³-hybridized carbons (Fsp3) is 0.462. The number of carbonyl (C=O) groups excluding carboxylic acids is 1. The number of carbonyl (C=O) groups is 1. The van der Waals surface area contributed by atoms with E-state index in [1.807, 2.05) is 26.0 Å². The number of fused-ring (bicyclic) bond motifs is 1. The molecule has 0 radical (unpaired) electrons. The van der Waals surface area contributed by atoms with Gasteiger partial charge >= 0.3 is 0 Å². The lowest BCUT2D eigenvalue weighted by Crippen LogP contribution is -2.42. The van der Waals surface area contributed by atoms with Crippen molar-refractivity contribution in [2.45, 2.75) is 32.4 Å². The number of benzene rings is 1. The standard InChI is InChI=1S/C13H17ClN2O3/c1-13(2,5-11(15)17)16-6-8-3-9(14)12-10(4-8)18-7-19-12/h3-4,16H,5-7H2,1-2H3,(H2,15,17). The third-order valence-corrected chi connectivity index (χ3v) is 3.15. The molecular formula is C13H17ClN2O3. The van der Waals surface area contributed by atoms with E-state index in [2.05, 4.69) is 5.32 Å². The van der Waals surface area contributed by atoms with Crippen molar-refractivity contribution in [1.29, 1.82) is 0 Å². The Morgan fingerprint density at radius 1 is 1.47 bits per heavy atom. The van der Waals surface area contributed by atoms with E-state index >= 15 is 0 Å². The monoisotopic (exact) mass is 284 g/mol. The smallest absolute Gasteiger partial charge is 0.231 e. The number of ether oxygens (including phenoxy) is 2. The van der Waals surface area contributed by atoms with Crippen molar-refractivity contribution in [2.75, 3.05) is 6.79 Å². The van der Waals surface area contributed by atoms with Crippen LogP contribution < -0.4 is 20.5 Å². The summed E-state index contributed by atoms with van der Waals surface area (Å²) in [6, 6.07) is 3.70. The van der Waals surface area contributed by atoms with Gasteiger partial charge in [-0.3, -0.25) is 4.79 Å². The molecule has 19 heavy (non-hydrogen) atoms. The normalized spacial score (nSPS) is 13.6. The molecule has 104 valence electrons. The predicted molar refractivity (Wildman–Crippen MR) is 72.3 cm³/mol. The van der Waals surface area contributed by atoms with Crippen LogP contribution in [0.2, 0.25) is 5.02 Å². The maximum atomic E-state index is 11.0. The number of halogens is 1. The number of nitrogens with one attached hydrogen (secondary N) is 1. The zero-order valence-corrected chi connectivity index (χ0v) is 11.7. The van der Waals surface area contributed by atoms with Crippen LogP contribution in [-0.2, 0) is 11.3 Å². The SMILES string of the molecule is CC(C)(CC(N)=O)NCc1cc(Cl)c2c(c1)OCO2. The van der Waals surface area contributed by atoms with Crippen LogP contribution in [0.1, 0.15) is 25.8 Å². The Morgan fingerprint density at radius 3 is 2.89 bits per heavy atom. The average molecular weight is 285 g/mol. The van der Waals surface area contributed by atoms with Crippen molar-refractivity contribution in [3.63, 3.8) is 0 Å². The molecule has 0 bridgehead atoms. The van der Waals surface area contributed by atoms with Crippen LogP contribution in [0.25, 0.3) is 0 Å². The Balaban J connectivity index is 2.04. The van der Waals surface area contributed by atoms with E-state index in [1.165, 1.54) is 0 Å². The van der Waals surface area contributed by atoms with E-state index in [0.29, 0.717) is 23.1 Å². The topological polar surface area (TPSA) is 73.6 Å². The first kappa shape index (κ1) is 14.0. The van der Waals surface area contributed by atoms with Crippen LogP contribution in [0.5, 0.6) is 11.5 Å². The maximum absolute atomic E-state index is 11.0. The minimum Gasteiger partial charge on any atom is -0.454 e. The molecule has 1 aromatic rings. The largest absolute Gasteiger partial charge is 0.454 e. The van der Waals surface area contributed by atoms with Gasteiger partial charge in [0.1, 0.15) is 0 Å². The molecule has 1 amide bonds. The van der Waals surface area contributed by atoms with Gasteiger partial charge in [-0.1, -0.05) is 11.6 Å². The lowest BCUT2D eigenvalue weighted by molar-refractivity contribution is -0.119. The van der Waals surface area contributed by atoms with Crippen LogP contribution >= 0.6 is 11.6 Å². The molecule has 1 heterocycles. The second-order valence-corrected chi connectivity index (χ2v) is 5.60. The number of hydrogen-bond acceptors (Lipinski definition) is 4. The Morgan fingerprint density at radius 2 is 2.21 bits per heavy atom. The fourth-order valence-electron chi connectivity index (χ4n) is 1.96. The number of nitrogens with two attached hydrogens (primary N) is 1. The molecule has 0 aromatic heterocycles. The van der Waals surface area contributed by atoms with Gasteiger partial charge in [-0.15, -0.1) is 0 Å². The Bertz CT molecular complexity index is 503. The van der Waals surface area contributed by atoms with Crippen molar-refractivity contribution in [3.8, 4) is 11.5 Å². The molecule has 1 aromatic carbocycles. The van der Waals surface area contributed by atoms with Crippen molar-refractivity contribution in [1.82, 2.24) is 5.32 Å². The first-order chi connectivity index (χ1) is 8.87. The molecule has 0 saturated carbocycles. The van der Waals surface area contributed by atoms with Gasteiger partial charge in [0.15, 0.2) is 11.5 Å². The van der Waals surface area contributed by atoms with Crippen molar-refractivity contribution >= 4 is 17.5 Å². The van der Waals surface area contributed by atoms with E-state index in [9.17, 15) is 4.79 Å². The molecule has 5 nitrogen and oxygen atoms in total. The van der Waals surface area contributed by atoms with Gasteiger partial charge < -0.3 is 20.5 Å². The maximum Gasteiger partial charge on any atom is 0.231 e. The third-order valence-electron chi connectivity index (χ3n) is 2.87. The molecule has 6 heteroatoms. The van der Waals surface area contributed by atoms with Gasteiger partial charge in [-0.2, -0.15) is 0 Å². The quantitative estimate of drug-likeness (QED) is 0.865. The van der Waals surface area contributed by atoms with E-state index in [1.54, 1.807) is 0 Å². The van der Waals surface area contributed by atoms with E-state index in [4.69, 9.17) is 26.8 Å². The average Bonchev–Trinajstić information content (AvgIpc) is 2.73. The second kappa shape index (κ2) is 5.27. The predicted octanol–water partition coefficient (Wildman–Crippen LogP) is 1.81. The molecule has 3 N–H and O–H groups in total. The van der Waals surface area contributed by atoms with Gasteiger partial charge in [0, 0.05) is 18.5 Å². The number of rotatable bonds is 5. The van der Waals surface area contributed by atoms with Gasteiger partial charge in [-0.05, 0) is 31.5 Å². The van der Waals surface area contributed by atoms with Crippen LogP contribution in [0.3, 0.4) is 0 Å². The van der Waals surface area contributed by atoms with E-state index < -0.39 is 0 Å². The second-order valence-electron chi connectivity index (χ2n) is 5.19. The summed E-state index contributed by atoms with van der Waals surface area (Å²) >= 11 is 6.10. The highest BCUT2D eigenvalue weighted by molar-refractivity contribution is 6.32. The molecule has 0 aliphatic carbocycles. The lowest BCUT2D eigenvalue weighted by atomic mass is 10.00. The molecule has 0 saturated heterocycles. The molecule has 1 aliphatic rings. The van der Waals surface area contributed by atoms with Gasteiger partial charge in [0.05, 0.1) is 5.02 Å². The molecule has 0 spiro atoms. The van der Waals surface area contributed by atoms with Crippen molar-refractivity contribution in [3.05, 3.63) is 22.7 Å². The highest BCUT2D eigenvalue weighted by atomic mass is 35.5. The highest BCUT2D eigenvalue weighted by Gasteiger charge is 2.22. The Labute approximate surface area is 117 Å². The number of hydrogen-bond donors (Lipinski definition) is 2. The van der Waals surface area contributed by atoms with Crippen molar-refractivity contribution in [2.24, 2.45) is 5.73 Å². The zero-order valence-electron chi connectivity index (χ0n) is 11.0. The summed E-state index contributed by atoms with van der Waals surface area (Å²) < 4.78 is 10.6. The van der Waals surface area contributed by atoms with Gasteiger partial charge in [0.2, 0.25) is 12.7 Å². The molecular weight excluding hydrogens is 268 g/mol. The third kappa shape index (κ3) is 3.52. The summed E-state index contributed by atoms with van der Waals surface area (Å²) in [6.45, 7) is 4.61. The zero-order chi connectivity index (χ0) is 14.0. The minimum atomic E-state index is -0.366. The van der Waals surface area contributed by atoms with Gasteiger partial charge in [-0.25, -0.2) is 0 Å². The first-order valence-electron chi connectivity index (χ1n) is 5.99. The highest BCUT2D eigenvalue weighted by Crippen LogP contribution is 2.39. The van der Waals surface area contributed by atoms with Crippen LogP contribution in [0, 0.1) is 0 Å². The molecule has 0 fully saturated rings. The Kier molecular flexibility index (Phi) is 3.87. The lowest BCUT2D eigenvalue weighted by Gasteiger charge is -2.25. The Hall–Kier alpha value is -1.46.